The van der Waals surface area contributed by atoms with E-state index >= 15 is 0 Å². The first-order valence-electron chi connectivity index (χ1n) is 5.35. The number of nitrogens with one attached hydrogen (secondary N) is 1. The zero-order valence-electron chi connectivity index (χ0n) is 10.3. The summed E-state index contributed by atoms with van der Waals surface area (Å²) >= 11 is 5.74. The van der Waals surface area contributed by atoms with Crippen LogP contribution in [-0.4, -0.2) is 37.2 Å². The lowest BCUT2D eigenvalue weighted by Gasteiger charge is -2.14. The molecule has 0 radical (unpaired) electrons. The smallest absolute Gasteiger partial charge is 0.336 e. The van der Waals surface area contributed by atoms with E-state index in [1.165, 1.54) is 26.0 Å². The van der Waals surface area contributed by atoms with Gasteiger partial charge in [-0.1, -0.05) is 11.6 Å². The molecule has 0 aliphatic heterocycles. The summed E-state index contributed by atoms with van der Waals surface area (Å²) in [6.45, 7) is 2.50. The molecular formula is C11H14ClNO5S. The average Bonchev–Trinajstić information content (AvgIpc) is 2.30. The maximum atomic E-state index is 12.1. The van der Waals surface area contributed by atoms with Gasteiger partial charge in [0.15, 0.2) is 0 Å². The number of aromatic carboxylic acids is 1. The highest BCUT2D eigenvalue weighted by Crippen LogP contribution is 2.24. The third-order valence-electron chi connectivity index (χ3n) is 2.47. The number of rotatable bonds is 5. The molecule has 19 heavy (non-hydrogen) atoms. The van der Waals surface area contributed by atoms with Crippen LogP contribution in [0.3, 0.4) is 0 Å². The van der Waals surface area contributed by atoms with E-state index in [1.807, 2.05) is 0 Å². The SMILES string of the molecule is Cc1c(C(=O)O)cc(Cl)cc1S(=O)(=O)N[C@@H](C)CO. The molecule has 3 N–H and O–H groups in total. The maximum absolute atomic E-state index is 12.1. The third kappa shape index (κ3) is 3.66. The van der Waals surface area contributed by atoms with E-state index < -0.39 is 22.0 Å². The number of sulfonamides is 1. The van der Waals surface area contributed by atoms with Gasteiger partial charge in [-0.3, -0.25) is 0 Å². The summed E-state index contributed by atoms with van der Waals surface area (Å²) in [7, 11) is -3.94. The second-order valence-corrected chi connectivity index (χ2v) is 6.21. The maximum Gasteiger partial charge on any atom is 0.336 e. The summed E-state index contributed by atoms with van der Waals surface area (Å²) in [4.78, 5) is 10.8. The van der Waals surface area contributed by atoms with Crippen molar-refractivity contribution in [3.05, 3.63) is 28.3 Å². The molecule has 0 aromatic heterocycles. The Hall–Kier alpha value is -1.15. The predicted molar refractivity (Wildman–Crippen MR) is 70.0 cm³/mol. The van der Waals surface area contributed by atoms with Crippen LogP contribution >= 0.6 is 11.6 Å². The number of halogens is 1. The number of aliphatic hydroxyl groups excluding tert-OH is 1. The molecule has 0 aliphatic rings. The van der Waals surface area contributed by atoms with Gasteiger partial charge in [0.05, 0.1) is 17.1 Å². The highest BCUT2D eigenvalue weighted by molar-refractivity contribution is 7.89. The Labute approximate surface area is 116 Å². The molecule has 1 atom stereocenters. The lowest BCUT2D eigenvalue weighted by molar-refractivity contribution is 0.0696. The van der Waals surface area contributed by atoms with E-state index in [4.69, 9.17) is 21.8 Å². The Morgan fingerprint density at radius 3 is 2.53 bits per heavy atom. The molecule has 0 spiro atoms. The largest absolute Gasteiger partial charge is 0.478 e. The summed E-state index contributed by atoms with van der Waals surface area (Å²) in [5.74, 6) is -1.26. The van der Waals surface area contributed by atoms with Crippen molar-refractivity contribution in [3.8, 4) is 0 Å². The fourth-order valence-corrected chi connectivity index (χ4v) is 3.33. The second kappa shape index (κ2) is 5.87. The van der Waals surface area contributed by atoms with Gasteiger partial charge < -0.3 is 10.2 Å². The molecule has 106 valence electrons. The molecule has 0 bridgehead atoms. The van der Waals surface area contributed by atoms with Gasteiger partial charge in [-0.15, -0.1) is 0 Å². The summed E-state index contributed by atoms with van der Waals surface area (Å²) < 4.78 is 26.4. The van der Waals surface area contributed by atoms with Crippen molar-refractivity contribution in [2.45, 2.75) is 24.8 Å². The summed E-state index contributed by atoms with van der Waals surface area (Å²) in [6.07, 6.45) is 0. The molecule has 8 heteroatoms. The summed E-state index contributed by atoms with van der Waals surface area (Å²) in [5, 5.41) is 17.9. The number of aliphatic hydroxyl groups is 1. The molecule has 6 nitrogen and oxygen atoms in total. The van der Waals surface area contributed by atoms with Crippen LogP contribution in [0, 0.1) is 6.92 Å². The standard InChI is InChI=1S/C11H14ClNO5S/c1-6(5-14)13-19(17,18)10-4-8(12)3-9(7(10)2)11(15)16/h3-4,6,13-14H,5H2,1-2H3,(H,15,16)/t6-/m0/s1. The average molecular weight is 308 g/mol. The first-order chi connectivity index (χ1) is 8.69. The van der Waals surface area contributed by atoms with Crippen LogP contribution in [-0.2, 0) is 10.0 Å². The second-order valence-electron chi connectivity index (χ2n) is 4.09. The van der Waals surface area contributed by atoms with Gasteiger partial charge in [0.25, 0.3) is 0 Å². The minimum absolute atomic E-state index is 0.0139. The van der Waals surface area contributed by atoms with Crippen LogP contribution in [0.25, 0.3) is 0 Å². The van der Waals surface area contributed by atoms with Crippen LogP contribution in [0.4, 0.5) is 0 Å². The van der Waals surface area contributed by atoms with Crippen molar-refractivity contribution < 1.29 is 23.4 Å². The van der Waals surface area contributed by atoms with E-state index in [9.17, 15) is 13.2 Å². The van der Waals surface area contributed by atoms with E-state index in [1.54, 1.807) is 0 Å². The van der Waals surface area contributed by atoms with Crippen LogP contribution in [0.2, 0.25) is 5.02 Å². The highest BCUT2D eigenvalue weighted by Gasteiger charge is 2.23. The van der Waals surface area contributed by atoms with E-state index in [0.29, 0.717) is 0 Å². The molecular weight excluding hydrogens is 294 g/mol. The van der Waals surface area contributed by atoms with Crippen LogP contribution in [0.15, 0.2) is 17.0 Å². The Kier molecular flexibility index (Phi) is 4.92. The minimum atomic E-state index is -3.94. The Balaban J connectivity index is 3.39. The van der Waals surface area contributed by atoms with Gasteiger partial charge in [-0.05, 0) is 31.5 Å². The number of carbonyl (C=O) groups is 1. The predicted octanol–water partition coefficient (Wildman–Crippen LogP) is 1.01. The zero-order valence-corrected chi connectivity index (χ0v) is 11.9. The zero-order chi connectivity index (χ0) is 14.8. The number of benzene rings is 1. The fraction of sp³-hybridized carbons (Fsp3) is 0.364. The molecule has 0 saturated heterocycles. The van der Waals surface area contributed by atoms with Gasteiger partial charge in [-0.25, -0.2) is 17.9 Å². The lowest BCUT2D eigenvalue weighted by atomic mass is 10.1. The molecule has 1 aromatic carbocycles. The molecule has 0 amide bonds. The third-order valence-corrected chi connectivity index (χ3v) is 4.41. The first-order valence-corrected chi connectivity index (χ1v) is 7.21. The van der Waals surface area contributed by atoms with Gasteiger partial charge in [0, 0.05) is 11.1 Å². The normalized spacial score (nSPS) is 13.3. The van der Waals surface area contributed by atoms with Crippen molar-refractivity contribution in [2.75, 3.05) is 6.61 Å². The molecule has 0 unspecified atom stereocenters. The van der Waals surface area contributed by atoms with Crippen molar-refractivity contribution in [2.24, 2.45) is 0 Å². The van der Waals surface area contributed by atoms with Gasteiger partial charge >= 0.3 is 5.97 Å². The fourth-order valence-electron chi connectivity index (χ4n) is 1.52. The van der Waals surface area contributed by atoms with Gasteiger partial charge in [0.1, 0.15) is 0 Å². The quantitative estimate of drug-likeness (QED) is 0.753. The monoisotopic (exact) mass is 307 g/mol. The molecule has 0 saturated carbocycles. The first kappa shape index (κ1) is 15.9. The molecule has 0 aliphatic carbocycles. The summed E-state index contributed by atoms with van der Waals surface area (Å²) in [5.41, 5.74) is -0.0842. The molecule has 1 aromatic rings. The van der Waals surface area contributed by atoms with Crippen LogP contribution < -0.4 is 4.72 Å². The Morgan fingerprint density at radius 2 is 2.05 bits per heavy atom. The minimum Gasteiger partial charge on any atom is -0.478 e. The van der Waals surface area contributed by atoms with E-state index in [0.717, 1.165) is 0 Å². The van der Waals surface area contributed by atoms with E-state index in [-0.39, 0.29) is 27.7 Å². The van der Waals surface area contributed by atoms with Crippen LogP contribution in [0.1, 0.15) is 22.8 Å². The van der Waals surface area contributed by atoms with Gasteiger partial charge in [0.2, 0.25) is 10.0 Å². The van der Waals surface area contributed by atoms with Crippen molar-refractivity contribution in [1.29, 1.82) is 0 Å². The van der Waals surface area contributed by atoms with Gasteiger partial charge in [-0.2, -0.15) is 0 Å². The lowest BCUT2D eigenvalue weighted by Crippen LogP contribution is -2.35. The van der Waals surface area contributed by atoms with E-state index in [2.05, 4.69) is 4.72 Å². The molecule has 1 rings (SSSR count). The van der Waals surface area contributed by atoms with Crippen molar-refractivity contribution in [3.63, 3.8) is 0 Å². The van der Waals surface area contributed by atoms with Crippen molar-refractivity contribution in [1.82, 2.24) is 4.72 Å². The van der Waals surface area contributed by atoms with Crippen LogP contribution in [0.5, 0.6) is 0 Å². The molecule has 0 fully saturated rings. The number of hydrogen-bond acceptors (Lipinski definition) is 4. The number of hydrogen-bond donors (Lipinski definition) is 3. The number of carboxylic acids is 1. The number of carboxylic acid groups (broad SMARTS) is 1. The highest BCUT2D eigenvalue weighted by atomic mass is 35.5. The van der Waals surface area contributed by atoms with Crippen molar-refractivity contribution >= 4 is 27.6 Å². The Bertz CT molecular complexity index is 599. The summed E-state index contributed by atoms with van der Waals surface area (Å²) in [6, 6.07) is 1.68. The topological polar surface area (TPSA) is 104 Å². The molecule has 0 heterocycles. The Morgan fingerprint density at radius 1 is 1.47 bits per heavy atom.